The number of ether oxygens (including phenoxy) is 1. The van der Waals surface area contributed by atoms with E-state index in [0.717, 1.165) is 10.1 Å². The summed E-state index contributed by atoms with van der Waals surface area (Å²) in [6.07, 6.45) is -1.03. The van der Waals surface area contributed by atoms with Crippen molar-refractivity contribution >= 4 is 13.2 Å². The Morgan fingerprint density at radius 2 is 2.16 bits per heavy atom. The third-order valence-electron chi connectivity index (χ3n) is 4.74. The van der Waals surface area contributed by atoms with Gasteiger partial charge in [0.25, 0.3) is 5.56 Å². The molecule has 32 heavy (non-hydrogen) atoms. The van der Waals surface area contributed by atoms with Crippen molar-refractivity contribution in [3.8, 4) is 0 Å². The number of azide groups is 1. The number of benzene rings is 1. The number of hydrogen-bond donors (Lipinski definition) is 3. The smallest absolute Gasteiger partial charge is 0.345 e. The van der Waals surface area contributed by atoms with E-state index in [2.05, 4.69) is 20.3 Å². The maximum Gasteiger partial charge on any atom is 0.417 e. The predicted molar refractivity (Wildman–Crippen MR) is 112 cm³/mol. The number of aromatic amines is 1. The average molecular weight is 464 g/mol. The first-order chi connectivity index (χ1) is 15.2. The molecule has 4 unspecified atom stereocenters. The second-order valence-electron chi connectivity index (χ2n) is 7.04. The molecule has 2 heterocycles. The quantitative estimate of drug-likeness (QED) is 0.230. The second kappa shape index (κ2) is 9.94. The number of H-pyrrole nitrogens is 1. The largest absolute Gasteiger partial charge is 0.417 e. The van der Waals surface area contributed by atoms with Crippen LogP contribution in [0.1, 0.15) is 23.8 Å². The molecular weight excluding hydrogens is 443 g/mol. The summed E-state index contributed by atoms with van der Waals surface area (Å²) in [4.78, 5) is 50.7. The lowest BCUT2D eigenvalue weighted by atomic mass is 10.2. The molecule has 2 aromatic rings. The monoisotopic (exact) mass is 464 g/mol. The van der Waals surface area contributed by atoms with Crippen molar-refractivity contribution in [1.82, 2.24) is 14.9 Å². The summed E-state index contributed by atoms with van der Waals surface area (Å²) < 4.78 is 24.0. The fourth-order valence-electron chi connectivity index (χ4n) is 3.11. The molecule has 170 valence electrons. The Hall–Kier alpha value is -3.21. The van der Waals surface area contributed by atoms with Crippen molar-refractivity contribution in [2.75, 3.05) is 6.54 Å². The van der Waals surface area contributed by atoms with Crippen LogP contribution in [0.25, 0.3) is 10.4 Å². The van der Waals surface area contributed by atoms with Gasteiger partial charge in [0.2, 0.25) is 0 Å². The van der Waals surface area contributed by atoms with Crippen LogP contribution >= 0.6 is 7.60 Å². The van der Waals surface area contributed by atoms with Gasteiger partial charge >= 0.3 is 18.9 Å². The molecule has 0 spiro atoms. The Balaban J connectivity index is 1.68. The van der Waals surface area contributed by atoms with E-state index in [9.17, 15) is 23.8 Å². The number of nitrogens with zero attached hydrogens (tertiary/aromatic N) is 4. The first-order valence-corrected chi connectivity index (χ1v) is 11.1. The fourth-order valence-corrected chi connectivity index (χ4v) is 3.99. The molecule has 1 fully saturated rings. The van der Waals surface area contributed by atoms with Gasteiger partial charge in [-0.15, -0.1) is 0 Å². The van der Waals surface area contributed by atoms with Gasteiger partial charge in [0.15, 0.2) is 6.29 Å². The van der Waals surface area contributed by atoms with Crippen LogP contribution in [0.3, 0.4) is 0 Å². The van der Waals surface area contributed by atoms with Gasteiger partial charge in [0.1, 0.15) is 6.23 Å². The number of carbonyl (C=O) groups excluding carboxylic acids is 1. The van der Waals surface area contributed by atoms with Gasteiger partial charge in [-0.2, -0.15) is 0 Å². The van der Waals surface area contributed by atoms with E-state index in [-0.39, 0.29) is 18.5 Å². The van der Waals surface area contributed by atoms with Crippen molar-refractivity contribution in [2.24, 2.45) is 5.11 Å². The molecular formula is C18H21N6O7P. The van der Waals surface area contributed by atoms with E-state index in [4.69, 9.17) is 14.8 Å². The van der Waals surface area contributed by atoms with E-state index in [1.54, 1.807) is 0 Å². The number of amides is 1. The summed E-state index contributed by atoms with van der Waals surface area (Å²) in [6.45, 7) is 1.57. The van der Waals surface area contributed by atoms with Gasteiger partial charge in [-0.3, -0.25) is 23.7 Å². The van der Waals surface area contributed by atoms with Crippen molar-refractivity contribution in [3.05, 3.63) is 78.9 Å². The Morgan fingerprint density at radius 3 is 2.84 bits per heavy atom. The Morgan fingerprint density at radius 1 is 1.44 bits per heavy atom. The predicted octanol–water partition coefficient (Wildman–Crippen LogP) is 1.92. The molecule has 1 saturated heterocycles. The molecule has 4 atom stereocenters. The minimum atomic E-state index is -4.87. The Labute approximate surface area is 181 Å². The Bertz CT molecular complexity index is 1190. The zero-order valence-electron chi connectivity index (χ0n) is 17.0. The SMILES string of the molecule is Cc1cn(C2CC(N=[N+]=[N-])C(OP(=O)(O)C(=O)NCCc3ccccc3)O2)c(=O)[nH]c1=O. The lowest BCUT2D eigenvalue weighted by Crippen LogP contribution is -2.33. The summed E-state index contributed by atoms with van der Waals surface area (Å²) in [5.74, 6) is 0. The molecule has 1 aliphatic rings. The van der Waals surface area contributed by atoms with E-state index >= 15 is 0 Å². The average Bonchev–Trinajstić information content (AvgIpc) is 3.13. The standard InChI is InChI=1S/C18H21N6O7P/c1-11-10-24(17(26)21-15(11)25)14-9-13(22-23-19)16(30-14)31-32(28,29)18(27)20-8-7-12-5-3-2-4-6-12/h2-6,10,13-14,16H,7-9H2,1H3,(H,20,27)(H,28,29)(H,21,25,26). The van der Waals surface area contributed by atoms with Crippen molar-refractivity contribution in [3.63, 3.8) is 0 Å². The Kier molecular flexibility index (Phi) is 7.29. The van der Waals surface area contributed by atoms with Crippen LogP contribution in [0.2, 0.25) is 0 Å². The second-order valence-corrected chi connectivity index (χ2v) is 8.70. The number of rotatable bonds is 8. The first-order valence-electron chi connectivity index (χ1n) is 9.56. The van der Waals surface area contributed by atoms with Crippen LogP contribution in [0.4, 0.5) is 4.79 Å². The fraction of sp³-hybridized carbons (Fsp3) is 0.389. The number of carbonyl (C=O) groups is 1. The van der Waals surface area contributed by atoms with Gasteiger partial charge in [-0.25, -0.2) is 9.36 Å². The normalized spacial score (nSPS) is 22.0. The van der Waals surface area contributed by atoms with E-state index in [0.29, 0.717) is 6.42 Å². The molecule has 0 saturated carbocycles. The summed E-state index contributed by atoms with van der Waals surface area (Å²) in [7, 11) is -4.87. The van der Waals surface area contributed by atoms with Crippen LogP contribution in [0.15, 0.2) is 51.2 Å². The molecule has 3 rings (SSSR count). The van der Waals surface area contributed by atoms with E-state index < -0.39 is 43.1 Å². The highest BCUT2D eigenvalue weighted by molar-refractivity contribution is 7.70. The van der Waals surface area contributed by atoms with Crippen LogP contribution < -0.4 is 16.6 Å². The highest BCUT2D eigenvalue weighted by atomic mass is 31.2. The highest BCUT2D eigenvalue weighted by Gasteiger charge is 2.43. The summed E-state index contributed by atoms with van der Waals surface area (Å²) in [6, 6.07) is 8.10. The maximum absolute atomic E-state index is 12.5. The molecule has 0 radical (unpaired) electrons. The minimum Gasteiger partial charge on any atom is -0.345 e. The number of aromatic nitrogens is 2. The van der Waals surface area contributed by atoms with Gasteiger partial charge in [0, 0.05) is 29.6 Å². The van der Waals surface area contributed by atoms with Crippen LogP contribution in [-0.4, -0.2) is 39.0 Å². The van der Waals surface area contributed by atoms with Gasteiger partial charge in [0.05, 0.1) is 6.04 Å². The zero-order chi connectivity index (χ0) is 23.3. The van der Waals surface area contributed by atoms with Crippen molar-refractivity contribution in [2.45, 2.75) is 38.3 Å². The zero-order valence-corrected chi connectivity index (χ0v) is 17.8. The van der Waals surface area contributed by atoms with Crippen molar-refractivity contribution < 1.29 is 23.5 Å². The van der Waals surface area contributed by atoms with Gasteiger partial charge in [-0.1, -0.05) is 35.4 Å². The molecule has 1 aromatic heterocycles. The highest BCUT2D eigenvalue weighted by Crippen LogP contribution is 2.47. The topological polar surface area (TPSA) is 188 Å². The molecule has 1 aliphatic heterocycles. The lowest BCUT2D eigenvalue weighted by Gasteiger charge is -2.20. The summed E-state index contributed by atoms with van der Waals surface area (Å²) in [5.41, 5.74) is 7.35. The molecule has 1 amide bonds. The molecule has 13 nitrogen and oxygen atoms in total. The maximum atomic E-state index is 12.5. The van der Waals surface area contributed by atoms with Crippen molar-refractivity contribution in [1.29, 1.82) is 0 Å². The number of nitrogens with one attached hydrogen (secondary N) is 2. The lowest BCUT2D eigenvalue weighted by molar-refractivity contribution is -0.104. The van der Waals surface area contributed by atoms with Gasteiger partial charge in [-0.05, 0) is 24.4 Å². The summed E-state index contributed by atoms with van der Waals surface area (Å²) in [5, 5.41) is 5.80. The molecule has 0 bridgehead atoms. The number of hydrogen-bond acceptors (Lipinski definition) is 7. The van der Waals surface area contributed by atoms with Gasteiger partial charge < -0.3 is 14.9 Å². The molecule has 3 N–H and O–H groups in total. The van der Waals surface area contributed by atoms with E-state index in [1.807, 2.05) is 30.3 Å². The number of aryl methyl sites for hydroxylation is 1. The third kappa shape index (κ3) is 5.52. The first kappa shape index (κ1) is 23.5. The molecule has 1 aromatic carbocycles. The third-order valence-corrected chi connectivity index (χ3v) is 5.91. The minimum absolute atomic E-state index is 0.0876. The van der Waals surface area contributed by atoms with Crippen LogP contribution in [-0.2, 0) is 20.2 Å². The summed E-state index contributed by atoms with van der Waals surface area (Å²) >= 11 is 0. The van der Waals surface area contributed by atoms with E-state index in [1.165, 1.54) is 13.1 Å². The molecule has 0 aliphatic carbocycles. The molecule has 14 heteroatoms. The van der Waals surface area contributed by atoms with Crippen LogP contribution in [0, 0.1) is 6.92 Å². The van der Waals surface area contributed by atoms with Crippen LogP contribution in [0.5, 0.6) is 0 Å².